The first-order valence-corrected chi connectivity index (χ1v) is 10.3. The van der Waals surface area contributed by atoms with Crippen molar-refractivity contribution in [1.82, 2.24) is 9.38 Å². The minimum atomic E-state index is 1.16. The molecule has 0 saturated carbocycles. The largest absolute Gasteiger partial charge is 0.302 e. The van der Waals surface area contributed by atoms with Gasteiger partial charge in [0.2, 0.25) is 0 Å². The van der Waals surface area contributed by atoms with Crippen molar-refractivity contribution in [2.45, 2.75) is 6.92 Å². The topological polar surface area (TPSA) is 21.2 Å². The predicted molar refractivity (Wildman–Crippen MR) is 118 cm³/mol. The minimum absolute atomic E-state index is 1.16. The van der Waals surface area contributed by atoms with Gasteiger partial charge in [-0.1, -0.05) is 35.3 Å². The van der Waals surface area contributed by atoms with Crippen LogP contribution in [-0.2, 0) is 7.05 Å². The number of aromatic nitrogens is 3. The van der Waals surface area contributed by atoms with E-state index in [0.717, 1.165) is 5.52 Å². The zero-order chi connectivity index (χ0) is 18.6. The van der Waals surface area contributed by atoms with Crippen molar-refractivity contribution in [3.8, 4) is 0 Å². The molecule has 132 valence electrons. The van der Waals surface area contributed by atoms with Crippen molar-refractivity contribution in [1.29, 1.82) is 0 Å². The highest BCUT2D eigenvalue weighted by Crippen LogP contribution is 2.45. The lowest BCUT2D eigenvalue weighted by Gasteiger charge is -2.14. The molecule has 0 amide bonds. The van der Waals surface area contributed by atoms with E-state index in [1.54, 1.807) is 0 Å². The first-order valence-electron chi connectivity index (χ1n) is 9.45. The molecule has 0 aliphatic heterocycles. The highest BCUT2D eigenvalue weighted by atomic mass is 32.1. The molecule has 7 aromatic rings. The summed E-state index contributed by atoms with van der Waals surface area (Å²) >= 11 is 1.84. The first kappa shape index (κ1) is 14.8. The van der Waals surface area contributed by atoms with E-state index in [1.807, 2.05) is 23.9 Å². The molecule has 4 aromatic heterocycles. The molecule has 3 nitrogen and oxygen atoms in total. The van der Waals surface area contributed by atoms with E-state index in [1.165, 1.54) is 59.1 Å². The van der Waals surface area contributed by atoms with Crippen molar-refractivity contribution >= 4 is 70.4 Å². The minimum Gasteiger partial charge on any atom is -0.302 e. The van der Waals surface area contributed by atoms with E-state index < -0.39 is 0 Å². The van der Waals surface area contributed by atoms with Crippen LogP contribution in [0.1, 0.15) is 5.56 Å². The van der Waals surface area contributed by atoms with Crippen LogP contribution in [0.3, 0.4) is 0 Å². The number of rotatable bonds is 0. The van der Waals surface area contributed by atoms with Gasteiger partial charge in [0.05, 0.1) is 18.1 Å². The summed E-state index contributed by atoms with van der Waals surface area (Å²) in [6.07, 6.45) is 3.93. The molecule has 0 bridgehead atoms. The Morgan fingerprint density at radius 2 is 1.75 bits per heavy atom. The van der Waals surface area contributed by atoms with E-state index in [-0.39, 0.29) is 0 Å². The molecular formula is C24H16N3S+. The van der Waals surface area contributed by atoms with Crippen LogP contribution in [0.4, 0.5) is 0 Å². The summed E-state index contributed by atoms with van der Waals surface area (Å²) in [5.41, 5.74) is 6.33. The summed E-state index contributed by atoms with van der Waals surface area (Å²) in [7, 11) is 2.10. The Kier molecular flexibility index (Phi) is 2.52. The number of nitrogens with zero attached hydrogens (tertiary/aromatic N) is 3. The van der Waals surface area contributed by atoms with Gasteiger partial charge < -0.3 is 4.40 Å². The Morgan fingerprint density at radius 3 is 2.68 bits per heavy atom. The maximum Gasteiger partial charge on any atom is 0.286 e. The van der Waals surface area contributed by atoms with Gasteiger partial charge in [0, 0.05) is 31.6 Å². The molecule has 3 aromatic carbocycles. The van der Waals surface area contributed by atoms with Gasteiger partial charge in [-0.05, 0) is 35.4 Å². The third kappa shape index (κ3) is 1.50. The monoisotopic (exact) mass is 378 g/mol. The second kappa shape index (κ2) is 4.78. The molecule has 0 radical (unpaired) electrons. The van der Waals surface area contributed by atoms with Gasteiger partial charge in [0.15, 0.2) is 11.7 Å². The van der Waals surface area contributed by atoms with Gasteiger partial charge in [-0.25, -0.2) is 4.57 Å². The molecule has 0 spiro atoms. The number of benzene rings is 3. The first-order chi connectivity index (χ1) is 13.8. The Morgan fingerprint density at radius 1 is 0.893 bits per heavy atom. The number of para-hydroxylation sites is 1. The van der Waals surface area contributed by atoms with Crippen LogP contribution in [0.2, 0.25) is 0 Å². The maximum atomic E-state index is 4.53. The molecule has 28 heavy (non-hydrogen) atoms. The van der Waals surface area contributed by atoms with Crippen LogP contribution < -0.4 is 4.57 Å². The average Bonchev–Trinajstić information content (AvgIpc) is 3.33. The molecule has 0 fully saturated rings. The zero-order valence-electron chi connectivity index (χ0n) is 15.5. The number of thiophene rings is 1. The summed E-state index contributed by atoms with van der Waals surface area (Å²) in [4.78, 5) is 4.53. The van der Waals surface area contributed by atoms with Crippen LogP contribution in [-0.4, -0.2) is 9.38 Å². The molecular weight excluding hydrogens is 362 g/mol. The zero-order valence-corrected chi connectivity index (χ0v) is 16.3. The number of hydrogen-bond acceptors (Lipinski definition) is 2. The van der Waals surface area contributed by atoms with E-state index >= 15 is 0 Å². The van der Waals surface area contributed by atoms with Gasteiger partial charge in [-0.15, -0.1) is 11.3 Å². The Balaban J connectivity index is 2.04. The molecule has 0 aliphatic carbocycles. The normalized spacial score (nSPS) is 12.6. The second-order valence-electron chi connectivity index (χ2n) is 7.64. The number of hydrogen-bond donors (Lipinski definition) is 0. The fraction of sp³-hybridized carbons (Fsp3) is 0.0833. The molecule has 0 saturated heterocycles. The molecule has 4 heteroatoms. The van der Waals surface area contributed by atoms with Gasteiger partial charge in [0.25, 0.3) is 6.33 Å². The van der Waals surface area contributed by atoms with E-state index in [2.05, 4.69) is 75.8 Å². The van der Waals surface area contributed by atoms with Crippen LogP contribution in [0.25, 0.3) is 59.1 Å². The molecule has 0 atom stereocenters. The van der Waals surface area contributed by atoms with Crippen molar-refractivity contribution < 1.29 is 4.57 Å². The van der Waals surface area contributed by atoms with Gasteiger partial charge in [0.1, 0.15) is 5.52 Å². The van der Waals surface area contributed by atoms with Gasteiger partial charge >= 0.3 is 0 Å². The van der Waals surface area contributed by atoms with E-state index in [0.29, 0.717) is 0 Å². The third-order valence-corrected chi connectivity index (χ3v) is 7.30. The molecule has 0 N–H and O–H groups in total. The molecule has 4 heterocycles. The number of pyridine rings is 1. The third-order valence-electron chi connectivity index (χ3n) is 6.27. The summed E-state index contributed by atoms with van der Waals surface area (Å²) in [5, 5.41) is 10.3. The Labute approximate surface area is 164 Å². The van der Waals surface area contributed by atoms with Crippen LogP contribution >= 0.6 is 11.3 Å². The lowest BCUT2D eigenvalue weighted by atomic mass is 9.95. The quantitative estimate of drug-likeness (QED) is 0.187. The Bertz CT molecular complexity index is 1740. The summed E-state index contributed by atoms with van der Waals surface area (Å²) in [5.74, 6) is 0. The summed E-state index contributed by atoms with van der Waals surface area (Å²) in [6.45, 7) is 2.27. The molecule has 7 rings (SSSR count). The average molecular weight is 378 g/mol. The van der Waals surface area contributed by atoms with Gasteiger partial charge in [-0.2, -0.15) is 0 Å². The van der Waals surface area contributed by atoms with Crippen LogP contribution in [0, 0.1) is 6.92 Å². The lowest BCUT2D eigenvalue weighted by molar-refractivity contribution is -0.647. The van der Waals surface area contributed by atoms with Crippen LogP contribution in [0.15, 0.2) is 60.4 Å². The summed E-state index contributed by atoms with van der Waals surface area (Å²) in [6, 6.07) is 15.6. The Hall–Kier alpha value is -3.24. The predicted octanol–water partition coefficient (Wildman–Crippen LogP) is 5.73. The second-order valence-corrected chi connectivity index (χ2v) is 8.55. The number of aryl methyl sites for hydroxylation is 2. The number of fused-ring (bicyclic) bond motifs is 8. The van der Waals surface area contributed by atoms with E-state index in [4.69, 9.17) is 0 Å². The molecule has 0 unspecified atom stereocenters. The van der Waals surface area contributed by atoms with Crippen molar-refractivity contribution in [3.63, 3.8) is 0 Å². The maximum absolute atomic E-state index is 4.53. The smallest absolute Gasteiger partial charge is 0.286 e. The fourth-order valence-electron chi connectivity index (χ4n) is 5.17. The summed E-state index contributed by atoms with van der Waals surface area (Å²) < 4.78 is 5.97. The molecule has 0 aliphatic rings. The fourth-order valence-corrected chi connectivity index (χ4v) is 6.09. The highest BCUT2D eigenvalue weighted by Gasteiger charge is 2.24. The SMILES string of the molecule is Cc1c2sccc2c2ccc3c4ccccc4n4c5cnc[n+](C)c5c1c2c34. The van der Waals surface area contributed by atoms with Crippen LogP contribution in [0.5, 0.6) is 0 Å². The van der Waals surface area contributed by atoms with Crippen molar-refractivity contribution in [3.05, 3.63) is 65.9 Å². The van der Waals surface area contributed by atoms with Crippen molar-refractivity contribution in [2.24, 2.45) is 7.05 Å². The van der Waals surface area contributed by atoms with Gasteiger partial charge in [-0.3, -0.25) is 0 Å². The van der Waals surface area contributed by atoms with Crippen molar-refractivity contribution in [2.75, 3.05) is 0 Å². The van der Waals surface area contributed by atoms with E-state index in [9.17, 15) is 0 Å². The standard InChI is InChI=1S/C24H16N3S/c1-13-20-21-15(17-9-10-28-24(13)17)7-8-16-14-5-3-4-6-18(14)27(22(16)21)19-11-25-12-26(2)23(19)20/h3-12H,1-2H3/q+1. The lowest BCUT2D eigenvalue weighted by Crippen LogP contribution is -2.30. The highest BCUT2D eigenvalue weighted by molar-refractivity contribution is 7.17.